The topological polar surface area (TPSA) is 50.3 Å². The van der Waals surface area contributed by atoms with Crippen LogP contribution in [0.25, 0.3) is 0 Å². The second kappa shape index (κ2) is 5.57. The van der Waals surface area contributed by atoms with Crippen molar-refractivity contribution < 1.29 is 8.42 Å². The van der Waals surface area contributed by atoms with Gasteiger partial charge in [-0.05, 0) is 20.8 Å². The summed E-state index contributed by atoms with van der Waals surface area (Å²) in [6.45, 7) is 6.01. The quantitative estimate of drug-likeness (QED) is 0.780. The Labute approximate surface area is 109 Å². The molecule has 1 rings (SSSR count). The van der Waals surface area contributed by atoms with E-state index in [9.17, 15) is 8.42 Å². The largest absolute Gasteiger partial charge is 0.254 e. The first kappa shape index (κ1) is 14.1. The highest BCUT2D eigenvalue weighted by atomic mass is 79.9. The molecule has 0 aliphatic rings. The van der Waals surface area contributed by atoms with Crippen LogP contribution >= 0.6 is 27.3 Å². The Morgan fingerprint density at radius 1 is 1.56 bits per heavy atom. The number of hydrogen-bond donors (Lipinski definition) is 0. The molecule has 1 heterocycles. The van der Waals surface area contributed by atoms with E-state index < -0.39 is 10.0 Å². The van der Waals surface area contributed by atoms with Gasteiger partial charge in [0, 0.05) is 17.9 Å². The van der Waals surface area contributed by atoms with Crippen LogP contribution in [-0.2, 0) is 10.0 Å². The van der Waals surface area contributed by atoms with Gasteiger partial charge in [0.2, 0.25) is 0 Å². The van der Waals surface area contributed by atoms with Crippen LogP contribution < -0.4 is 0 Å². The van der Waals surface area contributed by atoms with Crippen LogP contribution in [0, 0.1) is 6.92 Å². The minimum absolute atomic E-state index is 0.0510. The highest BCUT2D eigenvalue weighted by molar-refractivity contribution is 9.09. The minimum atomic E-state index is -3.38. The number of aromatic nitrogens is 1. The molecule has 0 saturated carbocycles. The number of rotatable bonds is 5. The van der Waals surface area contributed by atoms with Crippen LogP contribution in [0.2, 0.25) is 0 Å². The molecule has 7 heteroatoms. The molecule has 0 amide bonds. The highest BCUT2D eigenvalue weighted by Crippen LogP contribution is 2.23. The summed E-state index contributed by atoms with van der Waals surface area (Å²) in [6.07, 6.45) is 1.43. The lowest BCUT2D eigenvalue weighted by Gasteiger charge is -2.23. The van der Waals surface area contributed by atoms with Crippen molar-refractivity contribution in [1.29, 1.82) is 0 Å². The number of halogens is 1. The molecule has 0 atom stereocenters. The van der Waals surface area contributed by atoms with Crippen molar-refractivity contribution in [2.24, 2.45) is 0 Å². The van der Waals surface area contributed by atoms with Gasteiger partial charge in [0.1, 0.15) is 0 Å². The lowest BCUT2D eigenvalue weighted by molar-refractivity contribution is 0.373. The fraction of sp³-hybridized carbons (Fsp3) is 0.667. The van der Waals surface area contributed by atoms with E-state index in [4.69, 9.17) is 0 Å². The van der Waals surface area contributed by atoms with Crippen LogP contribution in [0.1, 0.15) is 18.9 Å². The van der Waals surface area contributed by atoms with E-state index in [0.717, 1.165) is 5.01 Å². The minimum Gasteiger partial charge on any atom is -0.249 e. The van der Waals surface area contributed by atoms with Crippen LogP contribution in [0.4, 0.5) is 0 Å². The Balaban J connectivity index is 3.08. The first-order chi connectivity index (χ1) is 7.39. The zero-order valence-electron chi connectivity index (χ0n) is 9.47. The molecule has 0 bridgehead atoms. The zero-order chi connectivity index (χ0) is 12.3. The first-order valence-electron chi connectivity index (χ1n) is 4.90. The van der Waals surface area contributed by atoms with Gasteiger partial charge >= 0.3 is 0 Å². The van der Waals surface area contributed by atoms with Gasteiger partial charge < -0.3 is 0 Å². The van der Waals surface area contributed by atoms with Crippen LogP contribution in [0.5, 0.6) is 0 Å². The standard InChI is InChI=1S/C9H15BrN2O2S2/c1-7(2)12(5-4-10)16(13,14)9-6-11-8(3)15-9/h6-7H,4-5H2,1-3H3. The lowest BCUT2D eigenvalue weighted by atomic mass is 10.4. The van der Waals surface area contributed by atoms with Crippen molar-refractivity contribution in [3.05, 3.63) is 11.2 Å². The Morgan fingerprint density at radius 3 is 2.56 bits per heavy atom. The first-order valence-corrected chi connectivity index (χ1v) is 8.27. The van der Waals surface area contributed by atoms with Crippen molar-refractivity contribution in [2.75, 3.05) is 11.9 Å². The summed E-state index contributed by atoms with van der Waals surface area (Å²) >= 11 is 4.48. The summed E-state index contributed by atoms with van der Waals surface area (Å²) < 4.78 is 26.3. The van der Waals surface area contributed by atoms with E-state index in [0.29, 0.717) is 16.1 Å². The number of thiazole rings is 1. The molecular weight excluding hydrogens is 312 g/mol. The molecule has 1 aromatic rings. The third-order valence-electron chi connectivity index (χ3n) is 2.04. The zero-order valence-corrected chi connectivity index (χ0v) is 12.7. The predicted molar refractivity (Wildman–Crippen MR) is 69.7 cm³/mol. The molecular formula is C9H15BrN2O2S2. The average molecular weight is 327 g/mol. The monoisotopic (exact) mass is 326 g/mol. The third kappa shape index (κ3) is 3.03. The number of hydrogen-bond acceptors (Lipinski definition) is 4. The SMILES string of the molecule is Cc1ncc(S(=O)(=O)N(CCBr)C(C)C)s1. The van der Waals surface area contributed by atoms with Crippen molar-refractivity contribution in [1.82, 2.24) is 9.29 Å². The molecule has 4 nitrogen and oxygen atoms in total. The number of nitrogens with zero attached hydrogens (tertiary/aromatic N) is 2. The predicted octanol–water partition coefficient (Wildman–Crippen LogP) is 2.25. The van der Waals surface area contributed by atoms with Crippen molar-refractivity contribution in [3.63, 3.8) is 0 Å². The molecule has 0 fully saturated rings. The molecule has 0 saturated heterocycles. The molecule has 0 spiro atoms. The third-order valence-corrected chi connectivity index (χ3v) is 5.82. The van der Waals surface area contributed by atoms with Gasteiger partial charge in [-0.3, -0.25) is 0 Å². The van der Waals surface area contributed by atoms with E-state index in [-0.39, 0.29) is 6.04 Å². The van der Waals surface area contributed by atoms with E-state index in [1.165, 1.54) is 21.8 Å². The van der Waals surface area contributed by atoms with E-state index in [1.807, 2.05) is 13.8 Å². The molecule has 0 aliphatic carbocycles. The summed E-state index contributed by atoms with van der Waals surface area (Å²) in [5.41, 5.74) is 0. The summed E-state index contributed by atoms with van der Waals surface area (Å²) in [5.74, 6) is 0. The van der Waals surface area contributed by atoms with Gasteiger partial charge in [0.25, 0.3) is 10.0 Å². The van der Waals surface area contributed by atoms with Gasteiger partial charge in [-0.1, -0.05) is 15.9 Å². The summed E-state index contributed by atoms with van der Waals surface area (Å²) in [7, 11) is -3.38. The van der Waals surface area contributed by atoms with Crippen molar-refractivity contribution >= 4 is 37.3 Å². The van der Waals surface area contributed by atoms with Crippen molar-refractivity contribution in [3.8, 4) is 0 Å². The van der Waals surface area contributed by atoms with Gasteiger partial charge in [-0.15, -0.1) is 11.3 Å². The van der Waals surface area contributed by atoms with Gasteiger partial charge in [0.05, 0.1) is 11.2 Å². The highest BCUT2D eigenvalue weighted by Gasteiger charge is 2.28. The number of sulfonamides is 1. The smallest absolute Gasteiger partial charge is 0.249 e. The molecule has 16 heavy (non-hydrogen) atoms. The second-order valence-electron chi connectivity index (χ2n) is 3.60. The Bertz CT molecular complexity index is 442. The lowest BCUT2D eigenvalue weighted by Crippen LogP contribution is -2.37. The van der Waals surface area contributed by atoms with E-state index in [1.54, 1.807) is 6.92 Å². The van der Waals surface area contributed by atoms with E-state index >= 15 is 0 Å². The maximum absolute atomic E-state index is 12.3. The fourth-order valence-electron chi connectivity index (χ4n) is 1.32. The fourth-order valence-corrected chi connectivity index (χ4v) is 4.81. The maximum Gasteiger partial charge on any atom is 0.254 e. The molecule has 0 N–H and O–H groups in total. The average Bonchev–Trinajstić information content (AvgIpc) is 2.61. The molecule has 0 aromatic carbocycles. The number of aryl methyl sites for hydroxylation is 1. The molecule has 1 aromatic heterocycles. The molecule has 92 valence electrons. The van der Waals surface area contributed by atoms with Crippen LogP contribution in [-0.4, -0.2) is 35.6 Å². The Hall–Kier alpha value is 0.0200. The molecule has 0 aliphatic heterocycles. The van der Waals surface area contributed by atoms with Gasteiger partial charge in [-0.2, -0.15) is 4.31 Å². The van der Waals surface area contributed by atoms with Gasteiger partial charge in [-0.25, -0.2) is 13.4 Å². The summed E-state index contributed by atoms with van der Waals surface area (Å²) in [4.78, 5) is 3.99. The van der Waals surface area contributed by atoms with Crippen LogP contribution in [0.15, 0.2) is 10.4 Å². The summed E-state index contributed by atoms with van der Waals surface area (Å²) in [6, 6.07) is -0.0510. The van der Waals surface area contributed by atoms with Crippen molar-refractivity contribution in [2.45, 2.75) is 31.0 Å². The normalized spacial score (nSPS) is 12.6. The number of alkyl halides is 1. The Morgan fingerprint density at radius 2 is 2.19 bits per heavy atom. The summed E-state index contributed by atoms with van der Waals surface area (Å²) in [5, 5.41) is 1.39. The van der Waals surface area contributed by atoms with Gasteiger partial charge in [0.15, 0.2) is 4.21 Å². The molecule has 0 unspecified atom stereocenters. The van der Waals surface area contributed by atoms with Crippen LogP contribution in [0.3, 0.4) is 0 Å². The Kier molecular flexibility index (Phi) is 4.90. The maximum atomic E-state index is 12.3. The molecule has 0 radical (unpaired) electrons. The van der Waals surface area contributed by atoms with E-state index in [2.05, 4.69) is 20.9 Å². The second-order valence-corrected chi connectivity index (χ2v) is 7.74.